The molecule has 1 heterocycles. The molecule has 25 heavy (non-hydrogen) atoms. The number of benzene rings is 1. The molecule has 3 N–H and O–H groups in total. The smallest absolute Gasteiger partial charge is 0.314 e. The second-order valence-electron chi connectivity index (χ2n) is 6.83. The van der Waals surface area contributed by atoms with Crippen molar-refractivity contribution in [2.75, 3.05) is 13.1 Å². The van der Waals surface area contributed by atoms with Gasteiger partial charge in [0.25, 0.3) is 0 Å². The number of carbonyl (C=O) groups is 1. The van der Waals surface area contributed by atoms with Crippen LogP contribution < -0.4 is 10.6 Å². The van der Waals surface area contributed by atoms with Gasteiger partial charge in [0.15, 0.2) is 0 Å². The molecule has 1 atom stereocenters. The third-order valence-electron chi connectivity index (χ3n) is 4.48. The number of urea groups is 1. The first-order valence-corrected chi connectivity index (χ1v) is 8.66. The minimum Gasteiger partial charge on any atom is -0.388 e. The van der Waals surface area contributed by atoms with E-state index in [9.17, 15) is 9.90 Å². The number of carbonyl (C=O) groups excluding carboxylic acids is 1. The first-order chi connectivity index (χ1) is 11.9. The Bertz CT molecular complexity index is 665. The minimum atomic E-state index is -0.913. The van der Waals surface area contributed by atoms with Gasteiger partial charge in [-0.15, -0.1) is 0 Å². The number of amides is 2. The highest BCUT2D eigenvalue weighted by Crippen LogP contribution is 2.14. The molecule has 0 radical (unpaired) electrons. The molecule has 2 rings (SSSR count). The van der Waals surface area contributed by atoms with Crippen molar-refractivity contribution >= 4 is 6.03 Å². The van der Waals surface area contributed by atoms with E-state index in [0.717, 1.165) is 12.4 Å². The highest BCUT2D eigenvalue weighted by Gasteiger charge is 2.25. The molecule has 6 nitrogen and oxygen atoms in total. The van der Waals surface area contributed by atoms with Crippen LogP contribution in [0.4, 0.5) is 4.79 Å². The van der Waals surface area contributed by atoms with Crippen LogP contribution in [0, 0.1) is 5.92 Å². The monoisotopic (exact) mass is 344 g/mol. The Morgan fingerprint density at radius 2 is 2.00 bits per heavy atom. The summed E-state index contributed by atoms with van der Waals surface area (Å²) in [6.45, 7) is 7.04. The van der Waals surface area contributed by atoms with E-state index in [-0.39, 0.29) is 18.5 Å². The van der Waals surface area contributed by atoms with Crippen molar-refractivity contribution in [1.29, 1.82) is 0 Å². The van der Waals surface area contributed by atoms with Crippen molar-refractivity contribution in [3.05, 3.63) is 54.1 Å². The molecule has 0 fully saturated rings. The van der Waals surface area contributed by atoms with Crippen molar-refractivity contribution in [3.8, 4) is 0 Å². The number of nitrogens with one attached hydrogen (secondary N) is 2. The van der Waals surface area contributed by atoms with Crippen molar-refractivity contribution in [3.63, 3.8) is 0 Å². The molecule has 1 aromatic carbocycles. The predicted molar refractivity (Wildman–Crippen MR) is 98.3 cm³/mol. The van der Waals surface area contributed by atoms with Gasteiger partial charge in [0.05, 0.1) is 5.60 Å². The molecule has 0 saturated carbocycles. The van der Waals surface area contributed by atoms with E-state index in [0.29, 0.717) is 13.0 Å². The maximum absolute atomic E-state index is 11.9. The first kappa shape index (κ1) is 19.0. The van der Waals surface area contributed by atoms with Crippen LogP contribution in [0.25, 0.3) is 0 Å². The van der Waals surface area contributed by atoms with E-state index >= 15 is 0 Å². The van der Waals surface area contributed by atoms with Gasteiger partial charge >= 0.3 is 6.03 Å². The number of rotatable bonds is 8. The molecule has 6 heteroatoms. The number of nitrogens with zero attached hydrogens (tertiary/aromatic N) is 2. The fraction of sp³-hybridized carbons (Fsp3) is 0.474. The van der Waals surface area contributed by atoms with E-state index < -0.39 is 5.60 Å². The summed E-state index contributed by atoms with van der Waals surface area (Å²) in [5.41, 5.74) is 0.298. The summed E-state index contributed by atoms with van der Waals surface area (Å²) in [4.78, 5) is 16.2. The Labute approximate surface area is 149 Å². The predicted octanol–water partition coefficient (Wildman–Crippen LogP) is 2.18. The zero-order chi connectivity index (χ0) is 18.3. The lowest BCUT2D eigenvalue weighted by Gasteiger charge is -2.27. The Morgan fingerprint density at radius 3 is 2.68 bits per heavy atom. The van der Waals surface area contributed by atoms with Crippen LogP contribution in [0.2, 0.25) is 0 Å². The Balaban J connectivity index is 1.77. The number of aromatic nitrogens is 2. The summed E-state index contributed by atoms with van der Waals surface area (Å²) in [6.07, 6.45) is 4.37. The van der Waals surface area contributed by atoms with Crippen LogP contribution in [0.5, 0.6) is 0 Å². The molecular weight excluding hydrogens is 316 g/mol. The molecule has 0 spiro atoms. The van der Waals surface area contributed by atoms with E-state index in [1.54, 1.807) is 13.1 Å². The lowest BCUT2D eigenvalue weighted by Crippen LogP contribution is -2.47. The molecule has 2 aromatic rings. The summed E-state index contributed by atoms with van der Waals surface area (Å²) >= 11 is 0. The zero-order valence-electron chi connectivity index (χ0n) is 15.2. The lowest BCUT2D eigenvalue weighted by molar-refractivity contribution is 0.0166. The van der Waals surface area contributed by atoms with Gasteiger partial charge in [0.2, 0.25) is 0 Å². The Kier molecular flexibility index (Phi) is 6.58. The quantitative estimate of drug-likeness (QED) is 0.687. The topological polar surface area (TPSA) is 79.2 Å². The van der Waals surface area contributed by atoms with Gasteiger partial charge in [-0.05, 0) is 18.4 Å². The molecule has 0 saturated heterocycles. The second-order valence-corrected chi connectivity index (χ2v) is 6.83. The van der Waals surface area contributed by atoms with Crippen LogP contribution in [-0.2, 0) is 13.0 Å². The van der Waals surface area contributed by atoms with Gasteiger partial charge in [-0.3, -0.25) is 0 Å². The van der Waals surface area contributed by atoms with Crippen LogP contribution in [0.1, 0.15) is 32.2 Å². The van der Waals surface area contributed by atoms with Crippen molar-refractivity contribution in [1.82, 2.24) is 20.2 Å². The van der Waals surface area contributed by atoms with E-state index in [4.69, 9.17) is 0 Å². The zero-order valence-corrected chi connectivity index (χ0v) is 15.2. The van der Waals surface area contributed by atoms with Crippen LogP contribution in [0.15, 0.2) is 42.7 Å². The summed E-state index contributed by atoms with van der Waals surface area (Å²) in [6, 6.07) is 9.92. The second kappa shape index (κ2) is 8.67. The van der Waals surface area contributed by atoms with Crippen molar-refractivity contribution in [2.45, 2.75) is 39.3 Å². The fourth-order valence-electron chi connectivity index (χ4n) is 2.31. The molecule has 1 aromatic heterocycles. The Hall–Kier alpha value is -2.34. The molecule has 0 bridgehead atoms. The average molecular weight is 344 g/mol. The van der Waals surface area contributed by atoms with Gasteiger partial charge in [-0.25, -0.2) is 9.78 Å². The summed E-state index contributed by atoms with van der Waals surface area (Å²) in [7, 11) is 0. The first-order valence-electron chi connectivity index (χ1n) is 8.66. The maximum Gasteiger partial charge on any atom is 0.314 e. The molecule has 0 aliphatic heterocycles. The van der Waals surface area contributed by atoms with Crippen molar-refractivity contribution < 1.29 is 9.90 Å². The largest absolute Gasteiger partial charge is 0.388 e. The van der Waals surface area contributed by atoms with Crippen molar-refractivity contribution in [2.24, 2.45) is 5.92 Å². The van der Waals surface area contributed by atoms with Gasteiger partial charge in [-0.2, -0.15) is 0 Å². The van der Waals surface area contributed by atoms with Gasteiger partial charge in [0.1, 0.15) is 5.82 Å². The van der Waals surface area contributed by atoms with Gasteiger partial charge in [0, 0.05) is 38.4 Å². The molecule has 1 unspecified atom stereocenters. The fourth-order valence-corrected chi connectivity index (χ4v) is 2.31. The number of hydrogen-bond acceptors (Lipinski definition) is 3. The standard InChI is InChI=1S/C19H28N4O2/c1-15(2)19(3,25)14-22-18(24)21-10-9-17-20-11-12-23(17)13-16-7-5-4-6-8-16/h4-8,11-12,15,25H,9-10,13-14H2,1-3H3,(H2,21,22,24). The summed E-state index contributed by atoms with van der Waals surface area (Å²) < 4.78 is 2.08. The number of hydrogen-bond donors (Lipinski definition) is 3. The average Bonchev–Trinajstić information content (AvgIpc) is 3.01. The third-order valence-corrected chi connectivity index (χ3v) is 4.48. The highest BCUT2D eigenvalue weighted by atomic mass is 16.3. The molecule has 136 valence electrons. The van der Waals surface area contributed by atoms with Gasteiger partial charge in [-0.1, -0.05) is 44.2 Å². The normalized spacial score (nSPS) is 13.5. The lowest BCUT2D eigenvalue weighted by atomic mass is 9.93. The van der Waals surface area contributed by atoms with Gasteiger partial charge < -0.3 is 20.3 Å². The molecule has 0 aliphatic rings. The van der Waals surface area contributed by atoms with Crippen LogP contribution in [0.3, 0.4) is 0 Å². The molecule has 2 amide bonds. The minimum absolute atomic E-state index is 0.0678. The summed E-state index contributed by atoms with van der Waals surface area (Å²) in [5, 5.41) is 15.7. The van der Waals surface area contributed by atoms with E-state index in [2.05, 4.69) is 32.3 Å². The Morgan fingerprint density at radius 1 is 1.28 bits per heavy atom. The summed E-state index contributed by atoms with van der Waals surface area (Å²) in [5.74, 6) is 0.997. The number of aliphatic hydroxyl groups is 1. The highest BCUT2D eigenvalue weighted by molar-refractivity contribution is 5.73. The van der Waals surface area contributed by atoms with Crippen LogP contribution in [-0.4, -0.2) is 39.4 Å². The number of imidazole rings is 1. The SMILES string of the molecule is CC(C)C(C)(O)CNC(=O)NCCc1nccn1Cc1ccccc1. The van der Waals surface area contributed by atoms with E-state index in [1.165, 1.54) is 5.56 Å². The molecule has 0 aliphatic carbocycles. The van der Waals surface area contributed by atoms with E-state index in [1.807, 2.05) is 38.2 Å². The maximum atomic E-state index is 11.9. The third kappa shape index (κ3) is 5.90. The molecular formula is C19H28N4O2. The van der Waals surface area contributed by atoms with Crippen LogP contribution >= 0.6 is 0 Å².